The van der Waals surface area contributed by atoms with E-state index in [1.165, 1.54) is 16.3 Å². The van der Waals surface area contributed by atoms with E-state index in [2.05, 4.69) is 63.1 Å². The molecule has 33 heavy (non-hydrogen) atoms. The van der Waals surface area contributed by atoms with Gasteiger partial charge in [-0.15, -0.1) is 5.10 Å². The first-order valence-corrected chi connectivity index (χ1v) is 10.8. The van der Waals surface area contributed by atoms with Crippen molar-refractivity contribution in [3.63, 3.8) is 0 Å². The summed E-state index contributed by atoms with van der Waals surface area (Å²) in [5.74, 6) is 0.751. The monoisotopic (exact) mass is 434 g/mol. The van der Waals surface area contributed by atoms with E-state index in [0.29, 0.717) is 6.54 Å². The van der Waals surface area contributed by atoms with E-state index in [0.717, 1.165) is 39.8 Å². The minimum Gasteiger partial charge on any atom is -0.495 e. The summed E-state index contributed by atoms with van der Waals surface area (Å²) < 4.78 is 9.44. The van der Waals surface area contributed by atoms with Gasteiger partial charge in [-0.2, -0.15) is 0 Å². The SMILES string of the molecule is COc1cc(-c2cn(CC3=Cc4cccc5cccc(c45)N3)nn2)ccc1-n1cnc(C)c1. The van der Waals surface area contributed by atoms with Crippen LogP contribution in [-0.2, 0) is 6.54 Å². The average Bonchev–Trinajstić information content (AvgIpc) is 3.48. The second-order valence-electron chi connectivity index (χ2n) is 8.16. The molecule has 0 unspecified atom stereocenters. The van der Waals surface area contributed by atoms with E-state index in [1.807, 2.05) is 46.8 Å². The number of nitrogens with one attached hydrogen (secondary N) is 1. The second kappa shape index (κ2) is 7.63. The Hall–Kier alpha value is -4.39. The van der Waals surface area contributed by atoms with E-state index in [-0.39, 0.29) is 0 Å². The van der Waals surface area contributed by atoms with Crippen LogP contribution in [0.5, 0.6) is 5.75 Å². The predicted octanol–water partition coefficient (Wildman–Crippen LogP) is 5.07. The van der Waals surface area contributed by atoms with Gasteiger partial charge in [-0.05, 0) is 42.1 Å². The lowest BCUT2D eigenvalue weighted by molar-refractivity contribution is 0.413. The van der Waals surface area contributed by atoms with Crippen molar-refractivity contribution in [2.45, 2.75) is 13.5 Å². The van der Waals surface area contributed by atoms with Crippen molar-refractivity contribution in [3.05, 3.63) is 90.3 Å². The molecule has 0 bridgehead atoms. The molecule has 5 aromatic rings. The van der Waals surface area contributed by atoms with Crippen LogP contribution in [0, 0.1) is 6.92 Å². The molecule has 3 aromatic carbocycles. The number of nitrogens with zero attached hydrogens (tertiary/aromatic N) is 5. The zero-order valence-corrected chi connectivity index (χ0v) is 18.4. The molecule has 0 spiro atoms. The van der Waals surface area contributed by atoms with Crippen molar-refractivity contribution < 1.29 is 4.74 Å². The molecule has 0 saturated heterocycles. The van der Waals surface area contributed by atoms with Crippen molar-refractivity contribution in [2.24, 2.45) is 0 Å². The van der Waals surface area contributed by atoms with Gasteiger partial charge in [0.25, 0.3) is 0 Å². The molecule has 6 rings (SSSR count). The number of ether oxygens (including phenoxy) is 1. The van der Waals surface area contributed by atoms with Crippen molar-refractivity contribution >= 4 is 22.5 Å². The fourth-order valence-electron chi connectivity index (χ4n) is 4.36. The number of hydrogen-bond acceptors (Lipinski definition) is 5. The fourth-order valence-corrected chi connectivity index (χ4v) is 4.36. The topological polar surface area (TPSA) is 69.8 Å². The van der Waals surface area contributed by atoms with E-state index in [4.69, 9.17) is 4.74 Å². The molecule has 1 aliphatic rings. The summed E-state index contributed by atoms with van der Waals surface area (Å²) in [6.07, 6.45) is 7.89. The number of aromatic nitrogens is 5. The molecule has 7 heteroatoms. The zero-order chi connectivity index (χ0) is 22.4. The predicted molar refractivity (Wildman–Crippen MR) is 129 cm³/mol. The quantitative estimate of drug-likeness (QED) is 0.418. The van der Waals surface area contributed by atoms with Crippen LogP contribution < -0.4 is 10.1 Å². The lowest BCUT2D eigenvalue weighted by atomic mass is 9.99. The van der Waals surface area contributed by atoms with E-state index in [1.54, 1.807) is 13.4 Å². The molecule has 162 valence electrons. The lowest BCUT2D eigenvalue weighted by Crippen LogP contribution is -2.12. The highest BCUT2D eigenvalue weighted by atomic mass is 16.5. The van der Waals surface area contributed by atoms with Gasteiger partial charge in [0.2, 0.25) is 0 Å². The van der Waals surface area contributed by atoms with Gasteiger partial charge in [0, 0.05) is 28.5 Å². The Balaban J connectivity index is 1.28. The summed E-state index contributed by atoms with van der Waals surface area (Å²) in [7, 11) is 1.67. The second-order valence-corrected chi connectivity index (χ2v) is 8.16. The van der Waals surface area contributed by atoms with Crippen LogP contribution in [0.25, 0.3) is 33.8 Å². The van der Waals surface area contributed by atoms with Crippen LogP contribution in [0.3, 0.4) is 0 Å². The maximum atomic E-state index is 5.64. The van der Waals surface area contributed by atoms with Crippen molar-refractivity contribution in [1.82, 2.24) is 24.5 Å². The zero-order valence-electron chi connectivity index (χ0n) is 18.4. The standard InChI is InChI=1S/C26H22N6O/c1-17-13-31(16-27-17)24-10-9-19(12-25(24)33-2)23-15-32(30-29-23)14-21-11-20-7-3-5-18-6-4-8-22(28-21)26(18)20/h3-13,15-16,28H,14H2,1-2H3. The molecule has 7 nitrogen and oxygen atoms in total. The van der Waals surface area contributed by atoms with E-state index < -0.39 is 0 Å². The van der Waals surface area contributed by atoms with Crippen molar-refractivity contribution in [2.75, 3.05) is 12.4 Å². The van der Waals surface area contributed by atoms with Gasteiger partial charge < -0.3 is 14.6 Å². The highest BCUT2D eigenvalue weighted by Gasteiger charge is 2.15. The van der Waals surface area contributed by atoms with E-state index in [9.17, 15) is 0 Å². The van der Waals surface area contributed by atoms with Gasteiger partial charge in [0.15, 0.2) is 0 Å². The summed E-state index contributed by atoms with van der Waals surface area (Å²) in [6, 6.07) is 18.7. The Morgan fingerprint density at radius 1 is 1.03 bits per heavy atom. The first-order chi connectivity index (χ1) is 16.2. The molecule has 0 aliphatic carbocycles. The number of aryl methyl sites for hydroxylation is 1. The first kappa shape index (κ1) is 19.3. The molecule has 0 saturated carbocycles. The molecule has 1 aliphatic heterocycles. The number of hydrogen-bond donors (Lipinski definition) is 1. The Bertz CT molecular complexity index is 1520. The number of anilines is 1. The minimum absolute atomic E-state index is 0.598. The Morgan fingerprint density at radius 2 is 1.91 bits per heavy atom. The third-order valence-electron chi connectivity index (χ3n) is 5.90. The highest BCUT2D eigenvalue weighted by Crippen LogP contribution is 2.33. The normalized spacial score (nSPS) is 12.5. The number of benzene rings is 3. The minimum atomic E-state index is 0.598. The lowest BCUT2D eigenvalue weighted by Gasteiger charge is -2.19. The number of rotatable bonds is 5. The van der Waals surface area contributed by atoms with Gasteiger partial charge in [-0.25, -0.2) is 9.67 Å². The average molecular weight is 435 g/mol. The van der Waals surface area contributed by atoms with Gasteiger partial charge in [0.05, 0.1) is 37.6 Å². The number of imidazole rings is 1. The summed E-state index contributed by atoms with van der Waals surface area (Å²) in [5.41, 5.74) is 7.02. The Morgan fingerprint density at radius 3 is 2.73 bits per heavy atom. The van der Waals surface area contributed by atoms with Gasteiger partial charge in [-0.1, -0.05) is 41.6 Å². The molecule has 2 aromatic heterocycles. The first-order valence-electron chi connectivity index (χ1n) is 10.8. The van der Waals surface area contributed by atoms with Crippen LogP contribution in [0.15, 0.2) is 79.0 Å². The van der Waals surface area contributed by atoms with Crippen molar-refractivity contribution in [1.29, 1.82) is 0 Å². The van der Waals surface area contributed by atoms with E-state index >= 15 is 0 Å². The molecular formula is C26H22N6O. The Kier molecular flexibility index (Phi) is 4.47. The fraction of sp³-hybridized carbons (Fsp3) is 0.115. The molecule has 1 N–H and O–H groups in total. The molecule has 0 amide bonds. The largest absolute Gasteiger partial charge is 0.495 e. The van der Waals surface area contributed by atoms with Crippen LogP contribution in [0.4, 0.5) is 5.69 Å². The molecule has 0 fully saturated rings. The Labute approximate surface area is 191 Å². The van der Waals surface area contributed by atoms with Crippen molar-refractivity contribution in [3.8, 4) is 22.7 Å². The summed E-state index contributed by atoms with van der Waals surface area (Å²) in [6.45, 7) is 2.56. The van der Waals surface area contributed by atoms with Crippen LogP contribution >= 0.6 is 0 Å². The summed E-state index contributed by atoms with van der Waals surface area (Å²) in [4.78, 5) is 4.30. The maximum Gasteiger partial charge on any atom is 0.143 e. The maximum absolute atomic E-state index is 5.64. The molecule has 3 heterocycles. The summed E-state index contributed by atoms with van der Waals surface area (Å²) in [5, 5.41) is 14.8. The van der Waals surface area contributed by atoms with Gasteiger partial charge in [-0.3, -0.25) is 0 Å². The van der Waals surface area contributed by atoms with Crippen LogP contribution in [0.1, 0.15) is 11.3 Å². The van der Waals surface area contributed by atoms with Gasteiger partial charge in [0.1, 0.15) is 11.4 Å². The molecule has 0 atom stereocenters. The highest BCUT2D eigenvalue weighted by molar-refractivity contribution is 6.03. The molecular weight excluding hydrogens is 412 g/mol. The third-order valence-corrected chi connectivity index (χ3v) is 5.90. The third kappa shape index (κ3) is 3.43. The summed E-state index contributed by atoms with van der Waals surface area (Å²) >= 11 is 0. The van der Waals surface area contributed by atoms with Gasteiger partial charge >= 0.3 is 0 Å². The van der Waals surface area contributed by atoms with Crippen LogP contribution in [-0.4, -0.2) is 31.7 Å². The number of allylic oxidation sites excluding steroid dienone is 1. The molecule has 0 radical (unpaired) electrons. The smallest absolute Gasteiger partial charge is 0.143 e. The number of methoxy groups -OCH3 is 1. The van der Waals surface area contributed by atoms with Crippen LogP contribution in [0.2, 0.25) is 0 Å².